The molecule has 0 saturated heterocycles. The van der Waals surface area contributed by atoms with Gasteiger partial charge in [0.2, 0.25) is 0 Å². The van der Waals surface area contributed by atoms with Gasteiger partial charge in [0.15, 0.2) is 0 Å². The number of nitrogens with zero attached hydrogens (tertiary/aromatic N) is 1. The van der Waals surface area contributed by atoms with Crippen LogP contribution < -0.4 is 0 Å². The van der Waals surface area contributed by atoms with Crippen LogP contribution in [0, 0.1) is 5.82 Å². The average Bonchev–Trinajstić information content (AvgIpc) is 2.29. The molecule has 88 valence electrons. The molecule has 1 heterocycles. The van der Waals surface area contributed by atoms with E-state index in [0.717, 1.165) is 6.20 Å². The Bertz CT molecular complexity index is 542. The van der Waals surface area contributed by atoms with Crippen LogP contribution in [0.5, 0.6) is 0 Å². The van der Waals surface area contributed by atoms with Gasteiger partial charge in [-0.25, -0.2) is 4.39 Å². The summed E-state index contributed by atoms with van der Waals surface area (Å²) in [4.78, 5) is 3.66. The van der Waals surface area contributed by atoms with Crippen molar-refractivity contribution in [3.05, 3.63) is 64.7 Å². The molecule has 2 nitrogen and oxygen atoms in total. The topological polar surface area (TPSA) is 33.1 Å². The van der Waals surface area contributed by atoms with Crippen molar-refractivity contribution in [1.82, 2.24) is 4.98 Å². The monoisotopic (exact) mass is 251 g/mol. The fourth-order valence-electron chi connectivity index (χ4n) is 1.72. The normalized spacial score (nSPS) is 14.4. The Morgan fingerprint density at radius 2 is 2.12 bits per heavy atom. The van der Waals surface area contributed by atoms with Crippen molar-refractivity contribution in [3.63, 3.8) is 0 Å². The molecule has 0 aliphatic rings. The van der Waals surface area contributed by atoms with Crippen molar-refractivity contribution in [1.29, 1.82) is 0 Å². The van der Waals surface area contributed by atoms with Gasteiger partial charge < -0.3 is 5.11 Å². The molecule has 0 amide bonds. The Hall–Kier alpha value is -1.45. The summed E-state index contributed by atoms with van der Waals surface area (Å²) in [5, 5.41) is 10.9. The highest BCUT2D eigenvalue weighted by Crippen LogP contribution is 2.31. The van der Waals surface area contributed by atoms with Crippen LogP contribution >= 0.6 is 11.6 Å². The van der Waals surface area contributed by atoms with Crippen LogP contribution in [-0.4, -0.2) is 10.1 Å². The molecule has 0 saturated carbocycles. The summed E-state index contributed by atoms with van der Waals surface area (Å²) in [5.41, 5.74) is -0.720. The summed E-state index contributed by atoms with van der Waals surface area (Å²) >= 11 is 5.86. The molecule has 2 rings (SSSR count). The number of rotatable bonds is 2. The first-order chi connectivity index (χ1) is 8.01. The lowest BCUT2D eigenvalue weighted by Crippen LogP contribution is -2.24. The number of halogens is 2. The summed E-state index contributed by atoms with van der Waals surface area (Å²) in [6, 6.07) is 8.18. The molecular formula is C13H11ClFNO. The zero-order valence-corrected chi connectivity index (χ0v) is 9.95. The molecule has 1 atom stereocenters. The van der Waals surface area contributed by atoms with E-state index in [0.29, 0.717) is 10.6 Å². The molecule has 0 aliphatic carbocycles. The van der Waals surface area contributed by atoms with Crippen molar-refractivity contribution in [2.24, 2.45) is 0 Å². The van der Waals surface area contributed by atoms with Gasteiger partial charge in [0.05, 0.1) is 6.20 Å². The van der Waals surface area contributed by atoms with E-state index in [1.165, 1.54) is 19.2 Å². The molecular weight excluding hydrogens is 241 g/mol. The maximum absolute atomic E-state index is 13.6. The lowest BCUT2D eigenvalue weighted by Gasteiger charge is -2.24. The third-order valence-corrected chi connectivity index (χ3v) is 2.92. The predicted molar refractivity (Wildman–Crippen MR) is 64.3 cm³/mol. The average molecular weight is 252 g/mol. The van der Waals surface area contributed by atoms with Crippen LogP contribution in [0.1, 0.15) is 18.1 Å². The lowest BCUT2D eigenvalue weighted by atomic mass is 9.88. The van der Waals surface area contributed by atoms with Crippen LogP contribution in [0.25, 0.3) is 0 Å². The van der Waals surface area contributed by atoms with Crippen LogP contribution in [0.15, 0.2) is 42.7 Å². The number of aliphatic hydroxyl groups is 1. The van der Waals surface area contributed by atoms with Gasteiger partial charge in [-0.2, -0.15) is 0 Å². The van der Waals surface area contributed by atoms with Crippen LogP contribution in [0.3, 0.4) is 0 Å². The molecule has 0 aliphatic heterocycles. The standard InChI is InChI=1S/C13H11ClFNO/c1-13(17,9-3-2-4-10(14)7-9)11-5-6-16-8-12(11)15/h2-8,17H,1H3. The van der Waals surface area contributed by atoms with Crippen molar-refractivity contribution in [3.8, 4) is 0 Å². The zero-order chi connectivity index (χ0) is 12.5. The third-order valence-electron chi connectivity index (χ3n) is 2.68. The summed E-state index contributed by atoms with van der Waals surface area (Å²) in [6.07, 6.45) is 2.52. The molecule has 4 heteroatoms. The number of benzene rings is 1. The molecule has 0 fully saturated rings. The Balaban J connectivity index is 2.53. The van der Waals surface area contributed by atoms with Gasteiger partial charge in [0.25, 0.3) is 0 Å². The van der Waals surface area contributed by atoms with E-state index in [2.05, 4.69) is 4.98 Å². The molecule has 1 aromatic heterocycles. The summed E-state index contributed by atoms with van der Waals surface area (Å²) in [6.45, 7) is 1.52. The second-order valence-corrected chi connectivity index (χ2v) is 4.37. The molecule has 1 aromatic carbocycles. The van der Waals surface area contributed by atoms with Crippen LogP contribution in [0.4, 0.5) is 4.39 Å². The number of pyridine rings is 1. The Kier molecular flexibility index (Phi) is 3.13. The quantitative estimate of drug-likeness (QED) is 0.890. The first-order valence-electron chi connectivity index (χ1n) is 5.10. The van der Waals surface area contributed by atoms with E-state index >= 15 is 0 Å². The smallest absolute Gasteiger partial charge is 0.147 e. The highest BCUT2D eigenvalue weighted by atomic mass is 35.5. The SMILES string of the molecule is CC(O)(c1cccc(Cl)c1)c1ccncc1F. The first kappa shape index (κ1) is 12.0. The summed E-state index contributed by atoms with van der Waals surface area (Å²) in [5.74, 6) is -0.544. The largest absolute Gasteiger partial charge is 0.381 e. The molecule has 0 radical (unpaired) electrons. The summed E-state index contributed by atoms with van der Waals surface area (Å²) in [7, 11) is 0. The van der Waals surface area contributed by atoms with E-state index in [9.17, 15) is 9.50 Å². The van der Waals surface area contributed by atoms with Gasteiger partial charge in [-0.15, -0.1) is 0 Å². The maximum atomic E-state index is 13.6. The van der Waals surface area contributed by atoms with Gasteiger partial charge in [0, 0.05) is 16.8 Å². The van der Waals surface area contributed by atoms with Gasteiger partial charge in [-0.1, -0.05) is 23.7 Å². The number of aromatic nitrogens is 1. The zero-order valence-electron chi connectivity index (χ0n) is 9.19. The van der Waals surface area contributed by atoms with E-state index in [-0.39, 0.29) is 5.56 Å². The number of hydrogen-bond acceptors (Lipinski definition) is 2. The minimum atomic E-state index is -1.43. The Morgan fingerprint density at radius 1 is 1.35 bits per heavy atom. The third kappa shape index (κ3) is 2.30. The lowest BCUT2D eigenvalue weighted by molar-refractivity contribution is 0.0978. The predicted octanol–water partition coefficient (Wildman–Crippen LogP) is 3.13. The van der Waals surface area contributed by atoms with Crippen molar-refractivity contribution < 1.29 is 9.50 Å². The highest BCUT2D eigenvalue weighted by molar-refractivity contribution is 6.30. The van der Waals surface area contributed by atoms with Gasteiger partial charge >= 0.3 is 0 Å². The van der Waals surface area contributed by atoms with Crippen LogP contribution in [0.2, 0.25) is 5.02 Å². The molecule has 2 aromatic rings. The Labute approximate surface area is 104 Å². The first-order valence-corrected chi connectivity index (χ1v) is 5.48. The Morgan fingerprint density at radius 3 is 2.76 bits per heavy atom. The minimum Gasteiger partial charge on any atom is -0.381 e. The summed E-state index contributed by atoms with van der Waals surface area (Å²) < 4.78 is 13.6. The molecule has 0 spiro atoms. The van der Waals surface area contributed by atoms with Crippen molar-refractivity contribution in [2.75, 3.05) is 0 Å². The second-order valence-electron chi connectivity index (χ2n) is 3.94. The van der Waals surface area contributed by atoms with Gasteiger partial charge in [-0.05, 0) is 30.7 Å². The maximum Gasteiger partial charge on any atom is 0.147 e. The fourth-order valence-corrected chi connectivity index (χ4v) is 1.91. The molecule has 17 heavy (non-hydrogen) atoms. The van der Waals surface area contributed by atoms with E-state index in [4.69, 9.17) is 11.6 Å². The van der Waals surface area contributed by atoms with E-state index in [1.54, 1.807) is 24.3 Å². The fraction of sp³-hybridized carbons (Fsp3) is 0.154. The van der Waals surface area contributed by atoms with Crippen LogP contribution in [-0.2, 0) is 5.60 Å². The van der Waals surface area contributed by atoms with Gasteiger partial charge in [-0.3, -0.25) is 4.98 Å². The van der Waals surface area contributed by atoms with Crippen molar-refractivity contribution in [2.45, 2.75) is 12.5 Å². The van der Waals surface area contributed by atoms with E-state index in [1.807, 2.05) is 0 Å². The minimum absolute atomic E-state index is 0.176. The van der Waals surface area contributed by atoms with Gasteiger partial charge in [0.1, 0.15) is 11.4 Å². The molecule has 1 N–H and O–H groups in total. The van der Waals surface area contributed by atoms with Crippen molar-refractivity contribution >= 4 is 11.6 Å². The number of hydrogen-bond donors (Lipinski definition) is 1. The molecule has 1 unspecified atom stereocenters. The highest BCUT2D eigenvalue weighted by Gasteiger charge is 2.28. The second kappa shape index (κ2) is 4.43. The van der Waals surface area contributed by atoms with E-state index < -0.39 is 11.4 Å². The molecule has 0 bridgehead atoms.